The van der Waals surface area contributed by atoms with Crippen molar-refractivity contribution >= 4 is 0 Å². The first-order chi connectivity index (χ1) is 13.6. The quantitative estimate of drug-likeness (QED) is 0.678. The van der Waals surface area contributed by atoms with Crippen LogP contribution in [-0.2, 0) is 22.4 Å². The molecule has 28 heavy (non-hydrogen) atoms. The lowest BCUT2D eigenvalue weighted by atomic mass is 10.0. The lowest BCUT2D eigenvalue weighted by molar-refractivity contribution is 0.0338. The van der Waals surface area contributed by atoms with Gasteiger partial charge in [0.05, 0.1) is 26.4 Å². The van der Waals surface area contributed by atoms with Crippen molar-refractivity contribution in [2.75, 3.05) is 46.1 Å². The van der Waals surface area contributed by atoms with Crippen LogP contribution in [0, 0.1) is 0 Å². The summed E-state index contributed by atoms with van der Waals surface area (Å²) in [5.41, 5.74) is 1.52. The van der Waals surface area contributed by atoms with Gasteiger partial charge in [-0.25, -0.2) is 0 Å². The Balaban J connectivity index is 0.000000582. The maximum atomic E-state index is 10.3. The van der Waals surface area contributed by atoms with Crippen molar-refractivity contribution < 1.29 is 19.7 Å². The van der Waals surface area contributed by atoms with Crippen LogP contribution < -0.4 is 5.32 Å². The zero-order valence-electron chi connectivity index (χ0n) is 18.2. The predicted molar refractivity (Wildman–Crippen MR) is 114 cm³/mol. The number of morpholine rings is 2. The van der Waals surface area contributed by atoms with Crippen molar-refractivity contribution in [3.05, 3.63) is 23.3 Å². The first-order valence-electron chi connectivity index (χ1n) is 10.7. The largest absolute Gasteiger partial charge is 0.504 e. The van der Waals surface area contributed by atoms with Gasteiger partial charge in [0.2, 0.25) is 0 Å². The molecule has 1 unspecified atom stereocenters. The molecule has 0 spiro atoms. The number of benzene rings is 1. The van der Waals surface area contributed by atoms with Gasteiger partial charge in [0.1, 0.15) is 0 Å². The number of rotatable bonds is 4. The molecule has 2 aliphatic rings. The van der Waals surface area contributed by atoms with Crippen LogP contribution >= 0.6 is 0 Å². The fourth-order valence-corrected chi connectivity index (χ4v) is 2.97. The highest BCUT2D eigenvalue weighted by molar-refractivity contribution is 5.50. The van der Waals surface area contributed by atoms with Gasteiger partial charge >= 0.3 is 0 Å². The smallest absolute Gasteiger partial charge is 0.162 e. The molecule has 0 amide bonds. The molecule has 2 saturated heterocycles. The molecule has 6 nitrogen and oxygen atoms in total. The summed E-state index contributed by atoms with van der Waals surface area (Å²) in [6.45, 7) is 14.5. The molecule has 0 saturated carbocycles. The van der Waals surface area contributed by atoms with Gasteiger partial charge < -0.3 is 25.0 Å². The number of phenolic OH excluding ortho intramolecular Hbond substituents is 2. The third-order valence-electron chi connectivity index (χ3n) is 4.28. The molecule has 3 rings (SSSR count). The van der Waals surface area contributed by atoms with Crippen LogP contribution in [0.3, 0.4) is 0 Å². The number of phenols is 2. The summed E-state index contributed by atoms with van der Waals surface area (Å²) in [4.78, 5) is 2.22. The Labute approximate surface area is 170 Å². The summed E-state index contributed by atoms with van der Waals surface area (Å²) in [5, 5.41) is 23.9. The molecule has 2 aliphatic heterocycles. The van der Waals surface area contributed by atoms with E-state index in [2.05, 4.69) is 37.9 Å². The van der Waals surface area contributed by atoms with Crippen molar-refractivity contribution in [2.45, 2.75) is 59.5 Å². The van der Waals surface area contributed by atoms with Gasteiger partial charge in [-0.2, -0.15) is 0 Å². The van der Waals surface area contributed by atoms with Crippen molar-refractivity contribution in [1.82, 2.24) is 10.2 Å². The molecular formula is C22H40N2O4. The predicted octanol–water partition coefficient (Wildman–Crippen LogP) is 3.29. The van der Waals surface area contributed by atoms with E-state index >= 15 is 0 Å². The van der Waals surface area contributed by atoms with Crippen molar-refractivity contribution in [3.8, 4) is 11.5 Å². The molecule has 1 atom stereocenters. The van der Waals surface area contributed by atoms with Crippen LogP contribution in [0.15, 0.2) is 12.1 Å². The van der Waals surface area contributed by atoms with Crippen molar-refractivity contribution in [1.29, 1.82) is 0 Å². The summed E-state index contributed by atoms with van der Waals surface area (Å²) < 4.78 is 10.7. The van der Waals surface area contributed by atoms with E-state index in [-0.39, 0.29) is 17.5 Å². The Bertz CT molecular complexity index is 481. The molecule has 162 valence electrons. The zero-order chi connectivity index (χ0) is 20.8. The SMILES string of the molecule is CCC.CCC.Oc1c(CC2COCCN2)ccc(CN2CCOCC2)c1O. The summed E-state index contributed by atoms with van der Waals surface area (Å²) in [7, 11) is 0. The van der Waals surface area contributed by atoms with Crippen molar-refractivity contribution in [3.63, 3.8) is 0 Å². The van der Waals surface area contributed by atoms with E-state index < -0.39 is 0 Å². The Kier molecular flexibility index (Phi) is 12.9. The summed E-state index contributed by atoms with van der Waals surface area (Å²) in [5.74, 6) is -0.00106. The molecule has 3 N–H and O–H groups in total. The molecule has 2 heterocycles. The molecule has 0 bridgehead atoms. The van der Waals surface area contributed by atoms with E-state index in [4.69, 9.17) is 9.47 Å². The first kappa shape index (κ1) is 24.7. The molecule has 1 aromatic rings. The molecule has 1 aromatic carbocycles. The first-order valence-corrected chi connectivity index (χ1v) is 10.7. The van der Waals surface area contributed by atoms with Gasteiger partial charge in [-0.1, -0.05) is 52.7 Å². The highest BCUT2D eigenvalue weighted by atomic mass is 16.5. The minimum atomic E-state index is -0.00173. The molecule has 0 aromatic heterocycles. The number of aromatic hydroxyl groups is 2. The number of nitrogens with zero attached hydrogens (tertiary/aromatic N) is 1. The van der Waals surface area contributed by atoms with E-state index in [0.29, 0.717) is 19.6 Å². The second-order valence-corrected chi connectivity index (χ2v) is 7.31. The Hall–Kier alpha value is -1.34. The van der Waals surface area contributed by atoms with Crippen LogP contribution in [0.25, 0.3) is 0 Å². The minimum absolute atomic E-state index is 0.000666. The van der Waals surface area contributed by atoms with Crippen LogP contribution in [0.4, 0.5) is 0 Å². The zero-order valence-corrected chi connectivity index (χ0v) is 18.2. The monoisotopic (exact) mass is 396 g/mol. The second kappa shape index (κ2) is 14.6. The number of hydrogen-bond acceptors (Lipinski definition) is 6. The van der Waals surface area contributed by atoms with Gasteiger partial charge in [0.15, 0.2) is 11.5 Å². The molecule has 0 aliphatic carbocycles. The van der Waals surface area contributed by atoms with Crippen LogP contribution in [0.1, 0.15) is 51.7 Å². The van der Waals surface area contributed by atoms with E-state index in [0.717, 1.165) is 50.6 Å². The van der Waals surface area contributed by atoms with Gasteiger partial charge in [-0.05, 0) is 12.0 Å². The molecule has 6 heteroatoms. The second-order valence-electron chi connectivity index (χ2n) is 7.31. The molecule has 0 radical (unpaired) electrons. The van der Waals surface area contributed by atoms with E-state index in [9.17, 15) is 10.2 Å². The topological polar surface area (TPSA) is 74.2 Å². The fraction of sp³-hybridized carbons (Fsp3) is 0.727. The maximum absolute atomic E-state index is 10.3. The summed E-state index contributed by atoms with van der Waals surface area (Å²) in [6, 6.07) is 3.99. The third kappa shape index (κ3) is 8.78. The van der Waals surface area contributed by atoms with Crippen LogP contribution in [-0.4, -0.2) is 67.2 Å². The van der Waals surface area contributed by atoms with E-state index in [1.165, 1.54) is 12.8 Å². The average Bonchev–Trinajstić information content (AvgIpc) is 2.71. The third-order valence-corrected chi connectivity index (χ3v) is 4.28. The minimum Gasteiger partial charge on any atom is -0.504 e. The lowest BCUT2D eigenvalue weighted by Gasteiger charge is -2.27. The highest BCUT2D eigenvalue weighted by Crippen LogP contribution is 2.34. The van der Waals surface area contributed by atoms with Crippen LogP contribution in [0.5, 0.6) is 11.5 Å². The molecule has 2 fully saturated rings. The summed E-state index contributed by atoms with van der Waals surface area (Å²) >= 11 is 0. The highest BCUT2D eigenvalue weighted by Gasteiger charge is 2.19. The van der Waals surface area contributed by atoms with Gasteiger partial charge in [0.25, 0.3) is 0 Å². The standard InChI is InChI=1S/C16H24N2O4.2C3H8/c19-15-12(9-14-11-22-6-3-17-14)1-2-13(16(15)20)10-18-4-7-21-8-5-18;2*1-3-2/h1-2,14,17,19-20H,3-11H2;2*3H2,1-2H3. The summed E-state index contributed by atoms with van der Waals surface area (Å²) in [6.07, 6.45) is 3.15. The normalized spacial score (nSPS) is 19.8. The fourth-order valence-electron chi connectivity index (χ4n) is 2.97. The Morgan fingerprint density at radius 2 is 1.50 bits per heavy atom. The number of nitrogens with one attached hydrogen (secondary N) is 1. The van der Waals surface area contributed by atoms with Crippen LogP contribution in [0.2, 0.25) is 0 Å². The van der Waals surface area contributed by atoms with Crippen molar-refractivity contribution in [2.24, 2.45) is 0 Å². The van der Waals surface area contributed by atoms with E-state index in [1.54, 1.807) is 0 Å². The maximum Gasteiger partial charge on any atom is 0.162 e. The number of ether oxygens (including phenoxy) is 2. The Morgan fingerprint density at radius 3 is 2.07 bits per heavy atom. The average molecular weight is 397 g/mol. The van der Waals surface area contributed by atoms with E-state index in [1.807, 2.05) is 12.1 Å². The molecular weight excluding hydrogens is 356 g/mol. The lowest BCUT2D eigenvalue weighted by Crippen LogP contribution is -2.42. The van der Waals surface area contributed by atoms with Gasteiger partial charge in [-0.3, -0.25) is 4.90 Å². The number of hydrogen-bond donors (Lipinski definition) is 3. The Morgan fingerprint density at radius 1 is 0.929 bits per heavy atom. The van der Waals surface area contributed by atoms with Gasteiger partial charge in [-0.15, -0.1) is 0 Å². The van der Waals surface area contributed by atoms with Gasteiger partial charge in [0, 0.05) is 37.8 Å².